The summed E-state index contributed by atoms with van der Waals surface area (Å²) in [5.74, 6) is 0.0451. The van der Waals surface area contributed by atoms with Gasteiger partial charge in [0.1, 0.15) is 0 Å². The Labute approximate surface area is 151 Å². The largest absolute Gasteiger partial charge is 1.00 e. The molecule has 1 aliphatic carbocycles. The van der Waals surface area contributed by atoms with Crippen LogP contribution in [-0.4, -0.2) is 18.1 Å². The number of carbonyl (C=O) groups excluding carboxylic acids is 1. The fourth-order valence-corrected chi connectivity index (χ4v) is 2.36. The van der Waals surface area contributed by atoms with Crippen LogP contribution in [0.25, 0.3) is 5.32 Å². The Hall–Kier alpha value is 1.45. The summed E-state index contributed by atoms with van der Waals surface area (Å²) in [7, 11) is 2.73. The minimum absolute atomic E-state index is 0. The van der Waals surface area contributed by atoms with Gasteiger partial charge in [0, 0.05) is 5.66 Å². The predicted octanol–water partition coefficient (Wildman–Crippen LogP) is 0.681. The van der Waals surface area contributed by atoms with Gasteiger partial charge < -0.3 is 10.1 Å². The first-order chi connectivity index (χ1) is 7.29. The minimum Gasteiger partial charge on any atom is -0.649 e. The quantitative estimate of drug-likeness (QED) is 0.605. The zero-order valence-electron chi connectivity index (χ0n) is 11.3. The molecule has 0 saturated carbocycles. The van der Waals surface area contributed by atoms with E-state index in [0.717, 1.165) is 31.4 Å². The van der Waals surface area contributed by atoms with E-state index in [1.807, 2.05) is 27.7 Å². The van der Waals surface area contributed by atoms with Gasteiger partial charge in [-0.1, -0.05) is 33.3 Å². The molecule has 1 amide bonds. The van der Waals surface area contributed by atoms with Crippen molar-refractivity contribution in [2.45, 2.75) is 52.6 Å². The standard InChI is InChI=1S/C8H12NOP.2C2H6.Rb/c10-8-7-5(3-4-9-8)1-2-6(7)11;2*1-2;/h6H,1-4,11H2,(H,9,10);2*1-2H3;/q;;;+1/p-1. The van der Waals surface area contributed by atoms with Crippen molar-refractivity contribution in [2.24, 2.45) is 0 Å². The average molecular weight is 314 g/mol. The van der Waals surface area contributed by atoms with Gasteiger partial charge in [0.25, 0.3) is 0 Å². The number of hydrogen-bond acceptors (Lipinski definition) is 1. The molecule has 0 N–H and O–H groups in total. The summed E-state index contributed by atoms with van der Waals surface area (Å²) in [5, 5.41) is 3.91. The summed E-state index contributed by atoms with van der Waals surface area (Å²) in [4.78, 5) is 11.2. The average Bonchev–Trinajstić information content (AvgIpc) is 2.68. The van der Waals surface area contributed by atoms with Crippen molar-refractivity contribution in [3.8, 4) is 0 Å². The maximum absolute atomic E-state index is 11.2. The third-order valence-electron chi connectivity index (χ3n) is 2.41. The molecule has 1 aliphatic heterocycles. The summed E-state index contributed by atoms with van der Waals surface area (Å²) >= 11 is 0. The SMILES string of the molecule is CC.CC.O=C1[N-]CCC2=C1C(P)CC2.[Rb+]. The molecular weight excluding hydrogens is 291 g/mol. The van der Waals surface area contributed by atoms with Crippen molar-refractivity contribution >= 4 is 15.1 Å². The van der Waals surface area contributed by atoms with Crippen LogP contribution in [0.5, 0.6) is 0 Å². The van der Waals surface area contributed by atoms with Crippen molar-refractivity contribution in [2.75, 3.05) is 6.54 Å². The molecule has 2 atom stereocenters. The number of hydrogen-bond donors (Lipinski definition) is 0. The molecule has 16 heavy (non-hydrogen) atoms. The monoisotopic (exact) mass is 313 g/mol. The van der Waals surface area contributed by atoms with E-state index < -0.39 is 0 Å². The van der Waals surface area contributed by atoms with E-state index in [-0.39, 0.29) is 64.1 Å². The van der Waals surface area contributed by atoms with Crippen LogP contribution in [-0.2, 0) is 4.79 Å². The maximum atomic E-state index is 11.2. The second-order valence-electron chi connectivity index (χ2n) is 3.10. The smallest absolute Gasteiger partial charge is 0.649 e. The Balaban J connectivity index is 0. The van der Waals surface area contributed by atoms with E-state index >= 15 is 0 Å². The molecule has 2 rings (SSSR count). The van der Waals surface area contributed by atoms with E-state index in [0.29, 0.717) is 5.66 Å². The van der Waals surface area contributed by atoms with E-state index in [9.17, 15) is 4.79 Å². The van der Waals surface area contributed by atoms with Crippen molar-refractivity contribution in [1.82, 2.24) is 0 Å². The number of carbonyl (C=O) groups is 1. The summed E-state index contributed by atoms with van der Waals surface area (Å²) in [6.45, 7) is 8.72. The Kier molecular flexibility index (Phi) is 14.3. The van der Waals surface area contributed by atoms with E-state index in [2.05, 4.69) is 14.6 Å². The number of nitrogens with zero attached hydrogens (tertiary/aromatic N) is 1. The van der Waals surface area contributed by atoms with Gasteiger partial charge in [-0.3, -0.25) is 0 Å². The molecule has 2 aliphatic rings. The van der Waals surface area contributed by atoms with Crippen LogP contribution in [0.1, 0.15) is 47.0 Å². The Bertz CT molecular complexity index is 241. The van der Waals surface area contributed by atoms with Gasteiger partial charge in [-0.05, 0) is 24.8 Å². The molecule has 2 nitrogen and oxygen atoms in total. The molecule has 0 bridgehead atoms. The number of rotatable bonds is 0. The Morgan fingerprint density at radius 3 is 2.25 bits per heavy atom. The summed E-state index contributed by atoms with van der Waals surface area (Å²) in [5.41, 5.74) is 2.76. The van der Waals surface area contributed by atoms with Gasteiger partial charge in [0.15, 0.2) is 0 Å². The van der Waals surface area contributed by atoms with Gasteiger partial charge in [-0.2, -0.15) is 0 Å². The molecule has 0 aromatic rings. The Morgan fingerprint density at radius 1 is 1.19 bits per heavy atom. The van der Waals surface area contributed by atoms with Crippen LogP contribution in [0.4, 0.5) is 0 Å². The van der Waals surface area contributed by atoms with Gasteiger partial charge in [-0.25, -0.2) is 0 Å². The normalized spacial score (nSPS) is 21.6. The first-order valence-electron chi connectivity index (χ1n) is 5.98. The molecule has 4 heteroatoms. The minimum atomic E-state index is 0. The zero-order valence-corrected chi connectivity index (χ0v) is 17.4. The summed E-state index contributed by atoms with van der Waals surface area (Å²) < 4.78 is 0. The molecule has 2 unspecified atom stereocenters. The molecular formula is C12H23NOPRb. The zero-order chi connectivity index (χ0) is 11.8. The first kappa shape index (κ1) is 19.8. The third kappa shape index (κ3) is 5.39. The van der Waals surface area contributed by atoms with Gasteiger partial charge in [0.05, 0.1) is 5.91 Å². The van der Waals surface area contributed by atoms with E-state index in [1.165, 1.54) is 5.57 Å². The molecule has 0 radical (unpaired) electrons. The van der Waals surface area contributed by atoms with Crippen LogP contribution in [0.2, 0.25) is 0 Å². The van der Waals surface area contributed by atoms with Crippen LogP contribution in [0, 0.1) is 0 Å². The van der Waals surface area contributed by atoms with Gasteiger partial charge >= 0.3 is 58.2 Å². The molecule has 88 valence electrons. The second-order valence-corrected chi connectivity index (χ2v) is 3.90. The second kappa shape index (κ2) is 11.5. The molecule has 0 aromatic carbocycles. The first-order valence-corrected chi connectivity index (χ1v) is 6.65. The Morgan fingerprint density at radius 2 is 1.75 bits per heavy atom. The predicted molar refractivity (Wildman–Crippen MR) is 70.3 cm³/mol. The maximum Gasteiger partial charge on any atom is 1.00 e. The van der Waals surface area contributed by atoms with Crippen LogP contribution in [0.3, 0.4) is 0 Å². The van der Waals surface area contributed by atoms with Crippen molar-refractivity contribution < 1.29 is 63.0 Å². The number of amides is 1. The van der Waals surface area contributed by atoms with Crippen molar-refractivity contribution in [3.63, 3.8) is 0 Å². The van der Waals surface area contributed by atoms with Crippen LogP contribution in [0.15, 0.2) is 11.1 Å². The topological polar surface area (TPSA) is 31.2 Å². The van der Waals surface area contributed by atoms with Crippen molar-refractivity contribution in [3.05, 3.63) is 16.5 Å². The summed E-state index contributed by atoms with van der Waals surface area (Å²) in [6.07, 6.45) is 3.26. The van der Waals surface area contributed by atoms with Gasteiger partial charge in [0.2, 0.25) is 0 Å². The molecule has 1 heterocycles. The van der Waals surface area contributed by atoms with Crippen LogP contribution < -0.4 is 58.2 Å². The fraction of sp³-hybridized carbons (Fsp3) is 0.750. The molecule has 0 fully saturated rings. The van der Waals surface area contributed by atoms with Gasteiger partial charge in [-0.15, -0.1) is 15.8 Å². The van der Waals surface area contributed by atoms with Crippen molar-refractivity contribution in [1.29, 1.82) is 0 Å². The molecule has 0 aromatic heterocycles. The van der Waals surface area contributed by atoms with Crippen LogP contribution >= 0.6 is 9.24 Å². The van der Waals surface area contributed by atoms with E-state index in [4.69, 9.17) is 0 Å². The molecule has 0 spiro atoms. The fourth-order valence-electron chi connectivity index (χ4n) is 1.82. The van der Waals surface area contributed by atoms with E-state index in [1.54, 1.807) is 0 Å². The summed E-state index contributed by atoms with van der Waals surface area (Å²) in [6, 6.07) is 0. The molecule has 0 saturated heterocycles. The third-order valence-corrected chi connectivity index (χ3v) is 3.07.